The Morgan fingerprint density at radius 1 is 1.53 bits per heavy atom. The van der Waals surface area contributed by atoms with E-state index in [0.717, 1.165) is 5.56 Å². The van der Waals surface area contributed by atoms with Crippen molar-refractivity contribution in [2.75, 3.05) is 7.11 Å². The minimum Gasteiger partial charge on any atom is -0.496 e. The molecule has 0 unspecified atom stereocenters. The first-order valence-electron chi connectivity index (χ1n) is 4.98. The van der Waals surface area contributed by atoms with Gasteiger partial charge in [0.05, 0.1) is 19.4 Å². The van der Waals surface area contributed by atoms with Crippen LogP contribution in [0.3, 0.4) is 0 Å². The minimum absolute atomic E-state index is 0.164. The highest BCUT2D eigenvalue weighted by Crippen LogP contribution is 2.30. The van der Waals surface area contributed by atoms with E-state index < -0.39 is 0 Å². The van der Waals surface area contributed by atoms with Crippen molar-refractivity contribution in [3.05, 3.63) is 36.4 Å². The fourth-order valence-corrected chi connectivity index (χ4v) is 1.57. The van der Waals surface area contributed by atoms with Crippen LogP contribution in [0, 0.1) is 17.1 Å². The van der Waals surface area contributed by atoms with Crippen molar-refractivity contribution < 1.29 is 9.13 Å². The van der Waals surface area contributed by atoms with Gasteiger partial charge in [-0.25, -0.2) is 4.39 Å². The fraction of sp³-hybridized carbons (Fsp3) is 0.167. The number of methoxy groups -OCH3 is 1. The molecule has 0 N–H and O–H groups in total. The first kappa shape index (κ1) is 11.1. The van der Waals surface area contributed by atoms with Crippen LogP contribution in [0.15, 0.2) is 30.6 Å². The molecular formula is C12H10FN3O. The quantitative estimate of drug-likeness (QED) is 0.813. The van der Waals surface area contributed by atoms with Gasteiger partial charge in [0.25, 0.3) is 0 Å². The van der Waals surface area contributed by atoms with Crippen LogP contribution in [-0.2, 0) is 6.54 Å². The second-order valence-corrected chi connectivity index (χ2v) is 3.43. The zero-order valence-electron chi connectivity index (χ0n) is 9.22. The van der Waals surface area contributed by atoms with Gasteiger partial charge < -0.3 is 4.74 Å². The van der Waals surface area contributed by atoms with Gasteiger partial charge in [-0.05, 0) is 18.2 Å². The Bertz CT molecular complexity index is 571. The zero-order valence-corrected chi connectivity index (χ0v) is 9.22. The Morgan fingerprint density at radius 3 is 3.06 bits per heavy atom. The molecular weight excluding hydrogens is 221 g/mol. The van der Waals surface area contributed by atoms with E-state index in [0.29, 0.717) is 11.3 Å². The molecule has 0 spiro atoms. The Balaban J connectivity index is 2.44. The molecule has 17 heavy (non-hydrogen) atoms. The van der Waals surface area contributed by atoms with Crippen molar-refractivity contribution in [2.45, 2.75) is 6.54 Å². The maximum absolute atomic E-state index is 13.2. The number of halogens is 1. The SMILES string of the molecule is COc1ccc(F)cc1-c1cnn(CC#N)c1. The molecule has 4 nitrogen and oxygen atoms in total. The average Bonchev–Trinajstić information content (AvgIpc) is 2.78. The van der Waals surface area contributed by atoms with E-state index in [2.05, 4.69) is 5.10 Å². The summed E-state index contributed by atoms with van der Waals surface area (Å²) >= 11 is 0. The molecule has 2 aromatic rings. The van der Waals surface area contributed by atoms with Crippen molar-refractivity contribution in [3.63, 3.8) is 0 Å². The molecule has 0 aliphatic rings. The van der Waals surface area contributed by atoms with Gasteiger partial charge in [0.2, 0.25) is 0 Å². The van der Waals surface area contributed by atoms with Gasteiger partial charge in [-0.15, -0.1) is 0 Å². The minimum atomic E-state index is -0.339. The number of rotatable bonds is 3. The summed E-state index contributed by atoms with van der Waals surface area (Å²) in [6.07, 6.45) is 3.26. The maximum atomic E-state index is 13.2. The van der Waals surface area contributed by atoms with Gasteiger partial charge >= 0.3 is 0 Å². The standard InChI is InChI=1S/C12H10FN3O/c1-17-12-3-2-10(13)6-11(12)9-7-15-16(8-9)5-4-14/h2-3,6-8H,5H2,1H3. The summed E-state index contributed by atoms with van der Waals surface area (Å²) in [5.41, 5.74) is 1.34. The third-order valence-electron chi connectivity index (χ3n) is 2.34. The third kappa shape index (κ3) is 2.26. The molecule has 0 aliphatic heterocycles. The van der Waals surface area contributed by atoms with E-state index in [1.807, 2.05) is 6.07 Å². The summed E-state index contributed by atoms with van der Waals surface area (Å²) in [5.74, 6) is 0.233. The topological polar surface area (TPSA) is 50.8 Å². The molecule has 2 rings (SSSR count). The van der Waals surface area contributed by atoms with Crippen LogP contribution < -0.4 is 4.74 Å². The third-order valence-corrected chi connectivity index (χ3v) is 2.34. The zero-order chi connectivity index (χ0) is 12.3. The number of ether oxygens (including phenoxy) is 1. The van der Waals surface area contributed by atoms with Crippen molar-refractivity contribution in [2.24, 2.45) is 0 Å². The van der Waals surface area contributed by atoms with E-state index in [4.69, 9.17) is 10.00 Å². The lowest BCUT2D eigenvalue weighted by Gasteiger charge is -2.06. The van der Waals surface area contributed by atoms with Crippen molar-refractivity contribution in [1.29, 1.82) is 5.26 Å². The largest absolute Gasteiger partial charge is 0.496 e. The van der Waals surface area contributed by atoms with E-state index in [-0.39, 0.29) is 12.4 Å². The Hall–Kier alpha value is -2.35. The number of nitrogens with zero attached hydrogens (tertiary/aromatic N) is 3. The van der Waals surface area contributed by atoms with Crippen molar-refractivity contribution in [3.8, 4) is 22.9 Å². The van der Waals surface area contributed by atoms with Crippen LogP contribution in [0.25, 0.3) is 11.1 Å². The lowest BCUT2D eigenvalue weighted by Crippen LogP contribution is -1.94. The van der Waals surface area contributed by atoms with E-state index in [1.54, 1.807) is 18.5 Å². The summed E-state index contributed by atoms with van der Waals surface area (Å²) < 4.78 is 19.8. The highest BCUT2D eigenvalue weighted by Gasteiger charge is 2.09. The van der Waals surface area contributed by atoms with Crippen LogP contribution in [0.2, 0.25) is 0 Å². The highest BCUT2D eigenvalue weighted by molar-refractivity contribution is 5.69. The number of hydrogen-bond acceptors (Lipinski definition) is 3. The first-order chi connectivity index (χ1) is 8.24. The molecule has 1 aromatic heterocycles. The van der Waals surface area contributed by atoms with Crippen LogP contribution in [0.4, 0.5) is 4.39 Å². The average molecular weight is 231 g/mol. The molecule has 1 heterocycles. The second-order valence-electron chi connectivity index (χ2n) is 3.43. The molecule has 1 aromatic carbocycles. The molecule has 0 saturated heterocycles. The van der Waals surface area contributed by atoms with Gasteiger partial charge in [0.1, 0.15) is 18.1 Å². The summed E-state index contributed by atoms with van der Waals surface area (Å²) in [4.78, 5) is 0. The lowest BCUT2D eigenvalue weighted by molar-refractivity contribution is 0.415. The Labute approximate surface area is 97.9 Å². The van der Waals surface area contributed by atoms with Crippen LogP contribution in [0.1, 0.15) is 0 Å². The molecule has 5 heteroatoms. The summed E-state index contributed by atoms with van der Waals surface area (Å²) in [6, 6.07) is 6.26. The van der Waals surface area contributed by atoms with Gasteiger partial charge in [0.15, 0.2) is 0 Å². The van der Waals surface area contributed by atoms with Gasteiger partial charge in [-0.2, -0.15) is 10.4 Å². The monoisotopic (exact) mass is 231 g/mol. The van der Waals surface area contributed by atoms with Gasteiger partial charge in [-0.1, -0.05) is 0 Å². The number of nitriles is 1. The summed E-state index contributed by atoms with van der Waals surface area (Å²) in [5, 5.41) is 12.6. The maximum Gasteiger partial charge on any atom is 0.128 e. The van der Waals surface area contributed by atoms with Gasteiger partial charge in [-0.3, -0.25) is 4.68 Å². The Kier molecular flexibility index (Phi) is 3.06. The molecule has 0 saturated carbocycles. The number of aromatic nitrogens is 2. The van der Waals surface area contributed by atoms with Gasteiger partial charge in [0, 0.05) is 17.3 Å². The van der Waals surface area contributed by atoms with E-state index in [9.17, 15) is 4.39 Å². The fourth-order valence-electron chi connectivity index (χ4n) is 1.57. The molecule has 0 aliphatic carbocycles. The molecule has 86 valence electrons. The van der Waals surface area contributed by atoms with E-state index >= 15 is 0 Å². The normalized spacial score (nSPS) is 9.94. The van der Waals surface area contributed by atoms with Crippen LogP contribution >= 0.6 is 0 Å². The highest BCUT2D eigenvalue weighted by atomic mass is 19.1. The lowest BCUT2D eigenvalue weighted by atomic mass is 10.1. The van der Waals surface area contributed by atoms with Crippen molar-refractivity contribution in [1.82, 2.24) is 9.78 Å². The molecule has 0 bridgehead atoms. The predicted molar refractivity (Wildman–Crippen MR) is 59.8 cm³/mol. The second kappa shape index (κ2) is 4.66. The van der Waals surface area contributed by atoms with Crippen molar-refractivity contribution >= 4 is 0 Å². The summed E-state index contributed by atoms with van der Waals surface area (Å²) in [7, 11) is 1.52. The van der Waals surface area contributed by atoms with Crippen LogP contribution in [-0.4, -0.2) is 16.9 Å². The number of hydrogen-bond donors (Lipinski definition) is 0. The predicted octanol–water partition coefficient (Wildman–Crippen LogP) is 2.22. The molecule has 0 fully saturated rings. The molecule has 0 amide bonds. The molecule has 0 atom stereocenters. The summed E-state index contributed by atoms with van der Waals surface area (Å²) in [6.45, 7) is 0.164. The Morgan fingerprint density at radius 2 is 2.35 bits per heavy atom. The molecule has 0 radical (unpaired) electrons. The van der Waals surface area contributed by atoms with Crippen LogP contribution in [0.5, 0.6) is 5.75 Å². The number of benzene rings is 1. The first-order valence-corrected chi connectivity index (χ1v) is 4.98. The smallest absolute Gasteiger partial charge is 0.128 e. The van der Waals surface area contributed by atoms with E-state index in [1.165, 1.54) is 23.9 Å².